The number of oxazole rings is 1. The Morgan fingerprint density at radius 2 is 2.33 bits per heavy atom. The lowest BCUT2D eigenvalue weighted by atomic mass is 10.8. The third-order valence-electron chi connectivity index (χ3n) is 0.850. The maximum absolute atomic E-state index is 5.17. The summed E-state index contributed by atoms with van der Waals surface area (Å²) >= 11 is 4.79. The summed E-state index contributed by atoms with van der Waals surface area (Å²) in [7, 11) is 0. The second kappa shape index (κ2) is 2.75. The molecule has 0 amide bonds. The van der Waals surface area contributed by atoms with Crippen molar-refractivity contribution in [2.75, 3.05) is 6.26 Å². The van der Waals surface area contributed by atoms with Gasteiger partial charge in [-0.2, -0.15) is 0 Å². The first-order valence-electron chi connectivity index (χ1n) is 2.41. The number of hydrogen-bond acceptors (Lipinski definition) is 3. The average Bonchev–Trinajstić information content (AvgIpc) is 2.10. The van der Waals surface area contributed by atoms with Crippen molar-refractivity contribution < 1.29 is 4.42 Å². The van der Waals surface area contributed by atoms with Gasteiger partial charge in [0.1, 0.15) is 0 Å². The van der Waals surface area contributed by atoms with Gasteiger partial charge in [0.2, 0.25) is 0 Å². The van der Waals surface area contributed by atoms with Crippen LogP contribution >= 0.6 is 27.7 Å². The summed E-state index contributed by atoms with van der Waals surface area (Å²) in [5, 5.41) is 0.840. The van der Waals surface area contributed by atoms with Gasteiger partial charge < -0.3 is 4.42 Å². The Kier molecular flexibility index (Phi) is 2.18. The number of aromatic nitrogens is 1. The molecule has 1 heterocycles. The third-order valence-corrected chi connectivity index (χ3v) is 2.30. The Morgan fingerprint density at radius 1 is 1.67 bits per heavy atom. The van der Waals surface area contributed by atoms with E-state index in [2.05, 4.69) is 20.9 Å². The average molecular weight is 208 g/mol. The molecule has 0 aromatic carbocycles. The van der Waals surface area contributed by atoms with Gasteiger partial charge in [-0.15, -0.1) is 0 Å². The molecule has 0 saturated heterocycles. The second-order valence-corrected chi connectivity index (χ2v) is 3.05. The van der Waals surface area contributed by atoms with Crippen LogP contribution < -0.4 is 0 Å². The maximum Gasteiger partial charge on any atom is 0.195 e. The molecule has 0 bridgehead atoms. The van der Waals surface area contributed by atoms with E-state index in [4.69, 9.17) is 4.42 Å². The van der Waals surface area contributed by atoms with E-state index in [1.165, 1.54) is 0 Å². The Bertz CT molecular complexity index is 211. The fourth-order valence-electron chi connectivity index (χ4n) is 0.509. The zero-order chi connectivity index (χ0) is 6.85. The van der Waals surface area contributed by atoms with Crippen LogP contribution in [0.4, 0.5) is 0 Å². The zero-order valence-electron chi connectivity index (χ0n) is 5.14. The smallest absolute Gasteiger partial charge is 0.195 e. The Morgan fingerprint density at radius 3 is 2.56 bits per heavy atom. The molecule has 0 unspecified atom stereocenters. The van der Waals surface area contributed by atoms with E-state index in [0.29, 0.717) is 5.89 Å². The topological polar surface area (TPSA) is 26.0 Å². The van der Waals surface area contributed by atoms with Gasteiger partial charge in [-0.25, -0.2) is 4.98 Å². The van der Waals surface area contributed by atoms with Crippen molar-refractivity contribution in [3.63, 3.8) is 0 Å². The van der Waals surface area contributed by atoms with E-state index in [0.717, 1.165) is 9.70 Å². The quantitative estimate of drug-likeness (QED) is 0.663. The highest BCUT2D eigenvalue weighted by Crippen LogP contribution is 2.25. The third kappa shape index (κ3) is 1.49. The molecule has 4 heteroatoms. The van der Waals surface area contributed by atoms with E-state index >= 15 is 0 Å². The lowest BCUT2D eigenvalue weighted by molar-refractivity contribution is 0.440. The molecular formula is C5H6BrNOS. The number of nitrogens with zero attached hydrogens (tertiary/aromatic N) is 1. The molecule has 0 N–H and O–H groups in total. The summed E-state index contributed by atoms with van der Waals surface area (Å²) in [5.41, 5.74) is 0. The van der Waals surface area contributed by atoms with Crippen LogP contribution in [0.15, 0.2) is 14.1 Å². The summed E-state index contributed by atoms with van der Waals surface area (Å²) in [6.07, 6.45) is 1.95. The van der Waals surface area contributed by atoms with Crippen molar-refractivity contribution in [1.82, 2.24) is 4.98 Å². The van der Waals surface area contributed by atoms with Crippen molar-refractivity contribution >= 4 is 27.7 Å². The maximum atomic E-state index is 5.17. The standard InChI is InChI=1S/C5H6BrNOS/c1-3-7-4(6)5(8-3)9-2/h1-2H3. The molecule has 9 heavy (non-hydrogen) atoms. The lowest BCUT2D eigenvalue weighted by Crippen LogP contribution is -1.64. The molecule has 0 fully saturated rings. The second-order valence-electron chi connectivity index (χ2n) is 1.52. The first-order valence-corrected chi connectivity index (χ1v) is 4.42. The van der Waals surface area contributed by atoms with E-state index in [9.17, 15) is 0 Å². The van der Waals surface area contributed by atoms with E-state index < -0.39 is 0 Å². The Balaban J connectivity index is 3.01. The van der Waals surface area contributed by atoms with Gasteiger partial charge in [-0.1, -0.05) is 11.8 Å². The van der Waals surface area contributed by atoms with Crippen LogP contribution in [0.5, 0.6) is 0 Å². The SMILES string of the molecule is CSc1oc(C)nc1Br. The summed E-state index contributed by atoms with van der Waals surface area (Å²) in [6.45, 7) is 1.82. The Hall–Kier alpha value is 0.0400. The number of hydrogen-bond donors (Lipinski definition) is 0. The normalized spacial score (nSPS) is 10.1. The number of halogens is 1. The van der Waals surface area contributed by atoms with Crippen LogP contribution in [0.2, 0.25) is 0 Å². The fraction of sp³-hybridized carbons (Fsp3) is 0.400. The van der Waals surface area contributed by atoms with Crippen molar-refractivity contribution in [3.05, 3.63) is 10.5 Å². The van der Waals surface area contributed by atoms with Crippen LogP contribution in [0.25, 0.3) is 0 Å². The molecule has 1 aromatic heterocycles. The molecule has 2 nitrogen and oxygen atoms in total. The molecule has 0 saturated carbocycles. The Labute approximate surface area is 66.2 Å². The highest BCUT2D eigenvalue weighted by molar-refractivity contribution is 9.10. The molecule has 1 aromatic rings. The van der Waals surface area contributed by atoms with Crippen LogP contribution in [0, 0.1) is 6.92 Å². The molecule has 0 aliphatic heterocycles. The van der Waals surface area contributed by atoms with Crippen LogP contribution in [-0.4, -0.2) is 11.2 Å². The monoisotopic (exact) mass is 207 g/mol. The van der Waals surface area contributed by atoms with E-state index in [-0.39, 0.29) is 0 Å². The number of rotatable bonds is 1. The van der Waals surface area contributed by atoms with Gasteiger partial charge in [0.15, 0.2) is 15.6 Å². The molecule has 0 aliphatic carbocycles. The van der Waals surface area contributed by atoms with Crippen molar-refractivity contribution in [2.24, 2.45) is 0 Å². The van der Waals surface area contributed by atoms with Gasteiger partial charge in [0.05, 0.1) is 0 Å². The molecule has 1 rings (SSSR count). The predicted octanol–water partition coefficient (Wildman–Crippen LogP) is 2.47. The molecule has 50 valence electrons. The minimum absolute atomic E-state index is 0.700. The first-order chi connectivity index (χ1) is 4.24. The minimum atomic E-state index is 0.700. The molecule has 0 spiro atoms. The van der Waals surface area contributed by atoms with Crippen LogP contribution in [0.1, 0.15) is 5.89 Å². The summed E-state index contributed by atoms with van der Waals surface area (Å²) in [5.74, 6) is 0.700. The fourth-order valence-corrected chi connectivity index (χ4v) is 1.74. The summed E-state index contributed by atoms with van der Waals surface area (Å²) < 4.78 is 5.97. The number of thioether (sulfide) groups is 1. The van der Waals surface area contributed by atoms with E-state index in [1.54, 1.807) is 11.8 Å². The first kappa shape index (κ1) is 7.15. The van der Waals surface area contributed by atoms with Crippen LogP contribution in [-0.2, 0) is 0 Å². The van der Waals surface area contributed by atoms with Gasteiger partial charge in [0.25, 0.3) is 0 Å². The number of aryl methyl sites for hydroxylation is 1. The zero-order valence-corrected chi connectivity index (χ0v) is 7.54. The van der Waals surface area contributed by atoms with E-state index in [1.807, 2.05) is 13.2 Å². The molecular weight excluding hydrogens is 202 g/mol. The summed E-state index contributed by atoms with van der Waals surface area (Å²) in [4.78, 5) is 4.01. The molecule has 0 radical (unpaired) electrons. The lowest BCUT2D eigenvalue weighted by Gasteiger charge is -1.83. The van der Waals surface area contributed by atoms with Gasteiger partial charge in [-0.3, -0.25) is 0 Å². The van der Waals surface area contributed by atoms with Gasteiger partial charge in [-0.05, 0) is 22.2 Å². The van der Waals surface area contributed by atoms with Crippen molar-refractivity contribution in [1.29, 1.82) is 0 Å². The van der Waals surface area contributed by atoms with Crippen molar-refractivity contribution in [3.8, 4) is 0 Å². The molecule has 0 aliphatic rings. The summed E-state index contributed by atoms with van der Waals surface area (Å²) in [6, 6.07) is 0. The molecule has 0 atom stereocenters. The van der Waals surface area contributed by atoms with Gasteiger partial charge >= 0.3 is 0 Å². The van der Waals surface area contributed by atoms with Crippen LogP contribution in [0.3, 0.4) is 0 Å². The highest BCUT2D eigenvalue weighted by atomic mass is 79.9. The highest BCUT2D eigenvalue weighted by Gasteiger charge is 2.04. The minimum Gasteiger partial charge on any atom is -0.434 e. The van der Waals surface area contributed by atoms with Crippen molar-refractivity contribution in [2.45, 2.75) is 12.0 Å². The van der Waals surface area contributed by atoms with Gasteiger partial charge in [0, 0.05) is 6.92 Å². The predicted molar refractivity (Wildman–Crippen MR) is 40.7 cm³/mol. The largest absolute Gasteiger partial charge is 0.434 e.